The van der Waals surface area contributed by atoms with E-state index in [1.807, 2.05) is 30.5 Å². The summed E-state index contributed by atoms with van der Waals surface area (Å²) in [6, 6.07) is 3.92. The molecule has 0 unspecified atom stereocenters. The summed E-state index contributed by atoms with van der Waals surface area (Å²) in [5, 5.41) is 7.46. The molecule has 2 aromatic heterocycles. The second-order valence-electron chi connectivity index (χ2n) is 2.33. The van der Waals surface area contributed by atoms with Crippen molar-refractivity contribution >= 4 is 12.2 Å². The minimum Gasteiger partial charge on any atom is -0.362 e. The molecule has 0 bridgehead atoms. The van der Waals surface area contributed by atoms with Gasteiger partial charge in [-0.1, -0.05) is 0 Å². The van der Waals surface area contributed by atoms with Crippen molar-refractivity contribution in [3.8, 4) is 0 Å². The van der Waals surface area contributed by atoms with E-state index in [-0.39, 0.29) is 0 Å². The molecule has 4 nitrogen and oxygen atoms in total. The average Bonchev–Trinajstić information content (AvgIpc) is 2.74. The van der Waals surface area contributed by atoms with E-state index in [0.29, 0.717) is 0 Å². The molecule has 0 aliphatic rings. The van der Waals surface area contributed by atoms with Gasteiger partial charge in [0.05, 0.1) is 0 Å². The molecule has 0 aromatic carbocycles. The van der Waals surface area contributed by atoms with Crippen LogP contribution in [-0.2, 0) is 0 Å². The van der Waals surface area contributed by atoms with Gasteiger partial charge in [0.25, 0.3) is 0 Å². The lowest BCUT2D eigenvalue weighted by Crippen LogP contribution is -1.74. The Bertz CT molecular complexity index is 308. The molecule has 0 fully saturated rings. The zero-order valence-corrected chi connectivity index (χ0v) is 6.36. The zero-order valence-electron chi connectivity index (χ0n) is 6.36. The van der Waals surface area contributed by atoms with Crippen LogP contribution in [0.3, 0.4) is 0 Å². The van der Waals surface area contributed by atoms with E-state index in [9.17, 15) is 0 Å². The molecular formula is C8H8N4. The summed E-state index contributed by atoms with van der Waals surface area (Å²) in [6.07, 6.45) is 7.22. The molecule has 2 aromatic rings. The molecular weight excluding hydrogens is 152 g/mol. The maximum Gasteiger partial charge on any atom is 0.153 e. The van der Waals surface area contributed by atoms with Crippen molar-refractivity contribution in [2.24, 2.45) is 0 Å². The van der Waals surface area contributed by atoms with Crippen molar-refractivity contribution in [1.82, 2.24) is 20.2 Å². The van der Waals surface area contributed by atoms with Crippen molar-refractivity contribution in [2.45, 2.75) is 0 Å². The van der Waals surface area contributed by atoms with Gasteiger partial charge in [-0.25, -0.2) is 0 Å². The molecule has 0 atom stereocenters. The van der Waals surface area contributed by atoms with E-state index >= 15 is 0 Å². The van der Waals surface area contributed by atoms with Gasteiger partial charge in [-0.2, -0.15) is 0 Å². The highest BCUT2D eigenvalue weighted by atomic mass is 15.2. The highest BCUT2D eigenvalue weighted by molar-refractivity contribution is 5.64. The highest BCUT2D eigenvalue weighted by Crippen LogP contribution is 2.00. The summed E-state index contributed by atoms with van der Waals surface area (Å²) in [4.78, 5) is 5.93. The molecule has 0 amide bonds. The van der Waals surface area contributed by atoms with Crippen molar-refractivity contribution in [2.75, 3.05) is 0 Å². The zero-order chi connectivity index (χ0) is 8.23. The number of hydrogen-bond donors (Lipinski definition) is 2. The Morgan fingerprint density at radius 3 is 2.92 bits per heavy atom. The number of H-pyrrole nitrogens is 2. The van der Waals surface area contributed by atoms with E-state index in [1.54, 1.807) is 6.33 Å². The van der Waals surface area contributed by atoms with Crippen LogP contribution in [-0.4, -0.2) is 20.2 Å². The molecule has 4 heteroatoms. The number of aromatic amines is 2. The van der Waals surface area contributed by atoms with Gasteiger partial charge in [0.1, 0.15) is 6.33 Å². The van der Waals surface area contributed by atoms with E-state index in [2.05, 4.69) is 20.2 Å². The quantitative estimate of drug-likeness (QED) is 0.695. The van der Waals surface area contributed by atoms with Gasteiger partial charge in [0.15, 0.2) is 5.82 Å². The van der Waals surface area contributed by atoms with E-state index in [1.165, 1.54) is 0 Å². The molecule has 0 spiro atoms. The van der Waals surface area contributed by atoms with E-state index in [4.69, 9.17) is 0 Å². The van der Waals surface area contributed by atoms with Gasteiger partial charge in [-0.15, -0.1) is 10.2 Å². The predicted molar refractivity (Wildman–Crippen MR) is 46.1 cm³/mol. The highest BCUT2D eigenvalue weighted by Gasteiger charge is 1.87. The summed E-state index contributed by atoms with van der Waals surface area (Å²) in [7, 11) is 0. The molecule has 0 aliphatic heterocycles. The fourth-order valence-electron chi connectivity index (χ4n) is 0.913. The molecule has 2 rings (SSSR count). The van der Waals surface area contributed by atoms with Crippen LogP contribution in [0.2, 0.25) is 0 Å². The molecule has 2 N–H and O–H groups in total. The van der Waals surface area contributed by atoms with Gasteiger partial charge >= 0.3 is 0 Å². The molecule has 60 valence electrons. The van der Waals surface area contributed by atoms with Crippen LogP contribution < -0.4 is 0 Å². The summed E-state index contributed by atoms with van der Waals surface area (Å²) >= 11 is 0. The van der Waals surface area contributed by atoms with Gasteiger partial charge in [0.2, 0.25) is 0 Å². The van der Waals surface area contributed by atoms with Crippen molar-refractivity contribution in [1.29, 1.82) is 0 Å². The lowest BCUT2D eigenvalue weighted by Gasteiger charge is -1.82. The molecule has 0 saturated heterocycles. The van der Waals surface area contributed by atoms with Crippen LogP contribution in [0.25, 0.3) is 12.2 Å². The number of hydrogen-bond acceptors (Lipinski definition) is 2. The summed E-state index contributed by atoms with van der Waals surface area (Å²) in [5.41, 5.74) is 1.05. The van der Waals surface area contributed by atoms with E-state index < -0.39 is 0 Å². The van der Waals surface area contributed by atoms with Crippen molar-refractivity contribution in [3.63, 3.8) is 0 Å². The normalized spacial score (nSPS) is 11.0. The Labute approximate surface area is 69.4 Å². The first-order chi connectivity index (χ1) is 5.95. The summed E-state index contributed by atoms with van der Waals surface area (Å²) < 4.78 is 0. The Morgan fingerprint density at radius 2 is 2.25 bits per heavy atom. The lowest BCUT2D eigenvalue weighted by molar-refractivity contribution is 1.08. The largest absolute Gasteiger partial charge is 0.362 e. The van der Waals surface area contributed by atoms with Crippen LogP contribution >= 0.6 is 0 Å². The number of aromatic nitrogens is 4. The second-order valence-corrected chi connectivity index (χ2v) is 2.33. The summed E-state index contributed by atoms with van der Waals surface area (Å²) in [6.45, 7) is 0. The van der Waals surface area contributed by atoms with Gasteiger partial charge in [-0.3, -0.25) is 0 Å². The summed E-state index contributed by atoms with van der Waals surface area (Å²) in [5.74, 6) is 0.754. The third-order valence-electron chi connectivity index (χ3n) is 1.48. The minimum absolute atomic E-state index is 0.754. The Balaban J connectivity index is 2.14. The van der Waals surface area contributed by atoms with E-state index in [0.717, 1.165) is 11.5 Å². The molecule has 12 heavy (non-hydrogen) atoms. The van der Waals surface area contributed by atoms with Crippen molar-refractivity contribution in [3.05, 3.63) is 36.2 Å². The Morgan fingerprint density at radius 1 is 1.25 bits per heavy atom. The standard InChI is InChI=1S/C8H8N4/c1-2-7(9-5-1)3-4-8-10-6-11-12-8/h1-6,9H,(H,10,11,12). The first kappa shape index (κ1) is 6.84. The second kappa shape index (κ2) is 3.04. The number of nitrogens with zero attached hydrogens (tertiary/aromatic N) is 2. The van der Waals surface area contributed by atoms with Crippen LogP contribution in [0.15, 0.2) is 24.7 Å². The minimum atomic E-state index is 0.754. The Kier molecular flexibility index (Phi) is 1.74. The number of rotatable bonds is 2. The van der Waals surface area contributed by atoms with Gasteiger partial charge in [0, 0.05) is 11.9 Å². The van der Waals surface area contributed by atoms with Gasteiger partial charge < -0.3 is 9.97 Å². The maximum atomic E-state index is 3.81. The van der Waals surface area contributed by atoms with Crippen LogP contribution in [0.4, 0.5) is 0 Å². The Hall–Kier alpha value is -1.84. The van der Waals surface area contributed by atoms with Crippen LogP contribution in [0.1, 0.15) is 11.5 Å². The van der Waals surface area contributed by atoms with Crippen molar-refractivity contribution < 1.29 is 0 Å². The molecule has 0 aliphatic carbocycles. The smallest absolute Gasteiger partial charge is 0.153 e. The lowest BCUT2D eigenvalue weighted by atomic mass is 10.4. The third-order valence-corrected chi connectivity index (χ3v) is 1.48. The third kappa shape index (κ3) is 1.42. The monoisotopic (exact) mass is 160 g/mol. The first-order valence-electron chi connectivity index (χ1n) is 3.63. The fourth-order valence-corrected chi connectivity index (χ4v) is 0.913. The molecule has 0 radical (unpaired) electrons. The maximum absolute atomic E-state index is 3.81. The molecule has 2 heterocycles. The number of nitrogens with one attached hydrogen (secondary N) is 2. The fraction of sp³-hybridized carbons (Fsp3) is 0. The SMILES string of the molecule is C(=Cc1nnc[nH]1)c1ccc[nH]1. The van der Waals surface area contributed by atoms with Crippen LogP contribution in [0, 0.1) is 0 Å². The first-order valence-corrected chi connectivity index (χ1v) is 3.63. The molecule has 0 saturated carbocycles. The predicted octanol–water partition coefficient (Wildman–Crippen LogP) is 1.30. The average molecular weight is 160 g/mol. The van der Waals surface area contributed by atoms with Gasteiger partial charge in [-0.05, 0) is 24.3 Å². The van der Waals surface area contributed by atoms with Crippen LogP contribution in [0.5, 0.6) is 0 Å². The topological polar surface area (TPSA) is 57.4 Å².